The molecule has 3 N–H and O–H groups in total. The number of aromatic amines is 1. The minimum absolute atomic E-state index is 0.0118. The van der Waals surface area contributed by atoms with Crippen LogP contribution in [0.25, 0.3) is 43.5 Å². The van der Waals surface area contributed by atoms with Gasteiger partial charge in [0.1, 0.15) is 16.9 Å². The number of rotatable bonds is 13. The lowest BCUT2D eigenvalue weighted by atomic mass is 9.95. The standard InChI is InChI=1S/C37H43N7O4S/c1-23(2)44-22-41-32-34(42-33(43-35(32)44)28-21-49-30-11-7-6-10-27(28)30)39-17-14-24(9-8-16-40-36(46)48-37(3,4)5)19-31(45)47-26-12-13-29-25(20-26)15-18-38-29/h6-7,10-13,15,18,20-24,38H,8-9,14,16-17,19H2,1-5H3,(H,40,46)(H,39,42,43). The molecular formula is C37H43N7O4S. The Hall–Kier alpha value is -4.97. The summed E-state index contributed by atoms with van der Waals surface area (Å²) in [6, 6.07) is 15.9. The zero-order valence-electron chi connectivity index (χ0n) is 28.6. The van der Waals surface area contributed by atoms with Gasteiger partial charge in [-0.2, -0.15) is 0 Å². The van der Waals surface area contributed by atoms with Crippen molar-refractivity contribution < 1.29 is 19.1 Å². The number of carbonyl (C=O) groups excluding carboxylic acids is 2. The van der Waals surface area contributed by atoms with E-state index in [9.17, 15) is 9.59 Å². The first-order valence-electron chi connectivity index (χ1n) is 16.7. The van der Waals surface area contributed by atoms with Crippen LogP contribution in [0, 0.1) is 5.92 Å². The lowest BCUT2D eigenvalue weighted by Crippen LogP contribution is -2.33. The first-order chi connectivity index (χ1) is 23.5. The van der Waals surface area contributed by atoms with Gasteiger partial charge in [0.25, 0.3) is 0 Å². The molecule has 6 aromatic rings. The highest BCUT2D eigenvalue weighted by Gasteiger charge is 2.21. The molecule has 12 heteroatoms. The van der Waals surface area contributed by atoms with E-state index < -0.39 is 11.7 Å². The third kappa shape index (κ3) is 8.37. The number of imidazole rings is 1. The van der Waals surface area contributed by atoms with E-state index in [-0.39, 0.29) is 24.3 Å². The SMILES string of the molecule is CC(C)n1cnc2c(NCCC(CCCNC(=O)OC(C)(C)C)CC(=O)Oc3ccc4[nH]ccc4c3)nc(-c3csc4ccccc34)nc21. The molecule has 4 aromatic heterocycles. The maximum absolute atomic E-state index is 13.2. The van der Waals surface area contributed by atoms with E-state index in [1.807, 2.05) is 63.6 Å². The zero-order valence-corrected chi connectivity index (χ0v) is 29.4. The maximum Gasteiger partial charge on any atom is 0.407 e. The first kappa shape index (κ1) is 33.9. The lowest BCUT2D eigenvalue weighted by molar-refractivity contribution is -0.135. The number of ether oxygens (including phenoxy) is 2. The van der Waals surface area contributed by atoms with E-state index in [0.29, 0.717) is 55.3 Å². The van der Waals surface area contributed by atoms with Gasteiger partial charge in [-0.15, -0.1) is 11.3 Å². The molecule has 0 fully saturated rings. The summed E-state index contributed by atoms with van der Waals surface area (Å²) >= 11 is 1.67. The number of amides is 1. The Bertz CT molecular complexity index is 2070. The number of hydrogen-bond acceptors (Lipinski definition) is 9. The van der Waals surface area contributed by atoms with Crippen LogP contribution in [0.2, 0.25) is 0 Å². The maximum atomic E-state index is 13.2. The number of nitrogens with zero attached hydrogens (tertiary/aromatic N) is 4. The van der Waals surface area contributed by atoms with Crippen LogP contribution in [0.3, 0.4) is 0 Å². The smallest absolute Gasteiger partial charge is 0.407 e. The third-order valence-electron chi connectivity index (χ3n) is 8.21. The van der Waals surface area contributed by atoms with E-state index in [1.54, 1.807) is 17.4 Å². The summed E-state index contributed by atoms with van der Waals surface area (Å²) < 4.78 is 14.4. The van der Waals surface area contributed by atoms with E-state index in [4.69, 9.17) is 19.4 Å². The molecule has 11 nitrogen and oxygen atoms in total. The number of nitrogens with one attached hydrogen (secondary N) is 3. The highest BCUT2D eigenvalue weighted by atomic mass is 32.1. The number of thiophene rings is 1. The Labute approximate surface area is 289 Å². The largest absolute Gasteiger partial charge is 0.444 e. The Balaban J connectivity index is 1.17. The second kappa shape index (κ2) is 14.7. The molecule has 0 aliphatic rings. The van der Waals surface area contributed by atoms with Crippen molar-refractivity contribution in [1.82, 2.24) is 29.8 Å². The fraction of sp³-hybridized carbons (Fsp3) is 0.378. The molecule has 0 saturated heterocycles. The van der Waals surface area contributed by atoms with Gasteiger partial charge >= 0.3 is 12.1 Å². The number of anilines is 1. The van der Waals surface area contributed by atoms with Gasteiger partial charge in [0.2, 0.25) is 0 Å². The summed E-state index contributed by atoms with van der Waals surface area (Å²) in [6.45, 7) is 10.7. The predicted octanol–water partition coefficient (Wildman–Crippen LogP) is 8.49. The molecule has 0 aliphatic carbocycles. The predicted molar refractivity (Wildman–Crippen MR) is 195 cm³/mol. The van der Waals surface area contributed by atoms with Gasteiger partial charge in [-0.1, -0.05) is 18.2 Å². The van der Waals surface area contributed by atoms with E-state index in [0.717, 1.165) is 27.5 Å². The normalized spacial score (nSPS) is 12.5. The lowest BCUT2D eigenvalue weighted by Gasteiger charge is -2.20. The highest BCUT2D eigenvalue weighted by molar-refractivity contribution is 7.17. The molecule has 2 aromatic carbocycles. The van der Waals surface area contributed by atoms with Crippen LogP contribution in [-0.4, -0.2) is 55.3 Å². The molecule has 4 heterocycles. The molecule has 0 spiro atoms. The number of fused-ring (bicyclic) bond motifs is 3. The average molecular weight is 682 g/mol. The fourth-order valence-electron chi connectivity index (χ4n) is 5.83. The molecule has 49 heavy (non-hydrogen) atoms. The summed E-state index contributed by atoms with van der Waals surface area (Å²) in [5.41, 5.74) is 2.87. The summed E-state index contributed by atoms with van der Waals surface area (Å²) in [5.74, 6) is 1.50. The Morgan fingerprint density at radius 2 is 1.88 bits per heavy atom. The second-order valence-electron chi connectivity index (χ2n) is 13.5. The van der Waals surface area contributed by atoms with Crippen molar-refractivity contribution in [3.63, 3.8) is 0 Å². The van der Waals surface area contributed by atoms with E-state index in [1.165, 1.54) is 4.70 Å². The zero-order chi connectivity index (χ0) is 34.5. The average Bonchev–Trinajstić information content (AvgIpc) is 3.80. The summed E-state index contributed by atoms with van der Waals surface area (Å²) in [4.78, 5) is 43.2. The molecule has 0 aliphatic heterocycles. The van der Waals surface area contributed by atoms with Crippen LogP contribution in [0.4, 0.5) is 10.6 Å². The number of hydrogen-bond donors (Lipinski definition) is 3. The Morgan fingerprint density at radius 1 is 1.04 bits per heavy atom. The van der Waals surface area contributed by atoms with Gasteiger partial charge in [-0.05, 0) is 90.1 Å². The number of aromatic nitrogens is 5. The van der Waals surface area contributed by atoms with Crippen molar-refractivity contribution in [3.8, 4) is 17.1 Å². The molecule has 0 saturated carbocycles. The molecular weight excluding hydrogens is 639 g/mol. The molecule has 1 atom stereocenters. The fourth-order valence-corrected chi connectivity index (χ4v) is 6.77. The molecule has 1 amide bonds. The van der Waals surface area contributed by atoms with Crippen molar-refractivity contribution >= 4 is 61.4 Å². The molecule has 0 bridgehead atoms. The van der Waals surface area contributed by atoms with Gasteiger partial charge in [0, 0.05) is 63.7 Å². The summed E-state index contributed by atoms with van der Waals surface area (Å²) in [7, 11) is 0. The van der Waals surface area contributed by atoms with Crippen molar-refractivity contribution in [3.05, 3.63) is 66.4 Å². The van der Waals surface area contributed by atoms with Crippen molar-refractivity contribution in [2.45, 2.75) is 71.9 Å². The van der Waals surface area contributed by atoms with Gasteiger partial charge in [0.15, 0.2) is 17.3 Å². The van der Waals surface area contributed by atoms with Crippen LogP contribution < -0.4 is 15.4 Å². The number of benzene rings is 2. The van der Waals surface area contributed by atoms with Crippen LogP contribution in [-0.2, 0) is 9.53 Å². The quantitative estimate of drug-likeness (QED) is 0.0627. The number of H-pyrrole nitrogens is 1. The van der Waals surface area contributed by atoms with Gasteiger partial charge in [-0.3, -0.25) is 4.79 Å². The second-order valence-corrected chi connectivity index (χ2v) is 14.4. The van der Waals surface area contributed by atoms with E-state index >= 15 is 0 Å². The molecule has 256 valence electrons. The number of esters is 1. The van der Waals surface area contributed by atoms with Gasteiger partial charge < -0.3 is 29.7 Å². The molecule has 1 unspecified atom stereocenters. The number of carbonyl (C=O) groups is 2. The number of alkyl carbamates (subject to hydrolysis) is 1. The van der Waals surface area contributed by atoms with Crippen LogP contribution in [0.5, 0.6) is 5.75 Å². The first-order valence-corrected chi connectivity index (χ1v) is 17.6. The van der Waals surface area contributed by atoms with Crippen LogP contribution in [0.1, 0.15) is 66.3 Å². The van der Waals surface area contributed by atoms with Crippen LogP contribution in [0.15, 0.2) is 66.4 Å². The highest BCUT2D eigenvalue weighted by Crippen LogP contribution is 2.34. The molecule has 0 radical (unpaired) electrons. The minimum Gasteiger partial charge on any atom is -0.444 e. The third-order valence-corrected chi connectivity index (χ3v) is 9.18. The topological polar surface area (TPSA) is 136 Å². The Kier molecular flexibility index (Phi) is 10.1. The van der Waals surface area contributed by atoms with Crippen molar-refractivity contribution in [2.24, 2.45) is 5.92 Å². The van der Waals surface area contributed by atoms with Crippen LogP contribution >= 0.6 is 11.3 Å². The Morgan fingerprint density at radius 3 is 2.69 bits per heavy atom. The van der Waals surface area contributed by atoms with Crippen molar-refractivity contribution in [1.29, 1.82) is 0 Å². The van der Waals surface area contributed by atoms with Crippen molar-refractivity contribution in [2.75, 3.05) is 18.4 Å². The molecule has 6 rings (SSSR count). The summed E-state index contributed by atoms with van der Waals surface area (Å²) in [5, 5.41) is 10.5. The monoisotopic (exact) mass is 681 g/mol. The van der Waals surface area contributed by atoms with E-state index in [2.05, 4.69) is 56.5 Å². The minimum atomic E-state index is -0.570. The summed E-state index contributed by atoms with van der Waals surface area (Å²) in [6.07, 6.45) is 5.50. The van der Waals surface area contributed by atoms with Gasteiger partial charge in [-0.25, -0.2) is 19.7 Å². The van der Waals surface area contributed by atoms with Gasteiger partial charge in [0.05, 0.1) is 6.33 Å².